The lowest BCUT2D eigenvalue weighted by atomic mass is 10.1. The Labute approximate surface area is 157 Å². The first-order valence-corrected chi connectivity index (χ1v) is 8.28. The van der Waals surface area contributed by atoms with Crippen LogP contribution in [0.15, 0.2) is 28.8 Å². The summed E-state index contributed by atoms with van der Waals surface area (Å²) in [6.45, 7) is 3.78. The molecule has 7 nitrogen and oxygen atoms in total. The van der Waals surface area contributed by atoms with Gasteiger partial charge in [-0.15, -0.1) is 12.4 Å². The smallest absolute Gasteiger partial charge is 0.240 e. The summed E-state index contributed by atoms with van der Waals surface area (Å²) in [6.07, 6.45) is 0.338. The number of benzene rings is 1. The molecular formula is C16H21Cl2N5O2. The number of hydrogen-bond donors (Lipinski definition) is 1. The van der Waals surface area contributed by atoms with Gasteiger partial charge in [-0.05, 0) is 11.6 Å². The van der Waals surface area contributed by atoms with Gasteiger partial charge in [0.1, 0.15) is 0 Å². The third-order valence-electron chi connectivity index (χ3n) is 4.07. The molecule has 1 amide bonds. The lowest BCUT2D eigenvalue weighted by Crippen LogP contribution is -2.48. The molecule has 1 saturated heterocycles. The van der Waals surface area contributed by atoms with Crippen LogP contribution in [-0.4, -0.2) is 52.0 Å². The van der Waals surface area contributed by atoms with Crippen molar-refractivity contribution in [2.75, 3.05) is 26.2 Å². The van der Waals surface area contributed by atoms with E-state index in [4.69, 9.17) is 21.9 Å². The van der Waals surface area contributed by atoms with Gasteiger partial charge in [0.15, 0.2) is 5.82 Å². The number of rotatable bonds is 5. The Hall–Kier alpha value is -1.67. The Kier molecular flexibility index (Phi) is 7.19. The minimum atomic E-state index is 0. The molecule has 9 heteroatoms. The van der Waals surface area contributed by atoms with Crippen LogP contribution in [0.1, 0.15) is 17.3 Å². The van der Waals surface area contributed by atoms with E-state index in [-0.39, 0.29) is 24.9 Å². The van der Waals surface area contributed by atoms with Crippen molar-refractivity contribution < 1.29 is 9.32 Å². The van der Waals surface area contributed by atoms with E-state index >= 15 is 0 Å². The summed E-state index contributed by atoms with van der Waals surface area (Å²) in [5.74, 6) is 1.18. The van der Waals surface area contributed by atoms with Crippen molar-refractivity contribution >= 4 is 29.9 Å². The van der Waals surface area contributed by atoms with Crippen LogP contribution in [0.5, 0.6) is 0 Å². The number of hydrogen-bond acceptors (Lipinski definition) is 6. The maximum atomic E-state index is 12.4. The van der Waals surface area contributed by atoms with Gasteiger partial charge in [0, 0.05) is 31.2 Å². The Morgan fingerprint density at radius 3 is 2.60 bits per heavy atom. The molecule has 3 rings (SSSR count). The molecule has 0 unspecified atom stereocenters. The van der Waals surface area contributed by atoms with Crippen molar-refractivity contribution in [1.82, 2.24) is 19.9 Å². The SMILES string of the molecule is Cl.NCc1nc(CN2CCN(C(=O)Cc3ccccc3Cl)CC2)no1. The first-order valence-electron chi connectivity index (χ1n) is 7.91. The van der Waals surface area contributed by atoms with Crippen LogP contribution in [0.4, 0.5) is 0 Å². The largest absolute Gasteiger partial charge is 0.340 e. The first-order chi connectivity index (χ1) is 11.7. The van der Waals surface area contributed by atoms with Crippen LogP contribution >= 0.6 is 24.0 Å². The fourth-order valence-electron chi connectivity index (χ4n) is 2.71. The second-order valence-corrected chi connectivity index (χ2v) is 6.14. The fourth-order valence-corrected chi connectivity index (χ4v) is 2.91. The molecule has 1 aliphatic rings. The topological polar surface area (TPSA) is 88.5 Å². The monoisotopic (exact) mass is 385 g/mol. The van der Waals surface area contributed by atoms with E-state index in [1.807, 2.05) is 29.2 Å². The molecule has 2 aromatic rings. The van der Waals surface area contributed by atoms with E-state index in [2.05, 4.69) is 15.0 Å². The van der Waals surface area contributed by atoms with Crippen molar-refractivity contribution in [3.05, 3.63) is 46.6 Å². The average Bonchev–Trinajstić information content (AvgIpc) is 3.05. The highest BCUT2D eigenvalue weighted by Crippen LogP contribution is 2.17. The molecule has 1 aromatic heterocycles. The summed E-state index contributed by atoms with van der Waals surface area (Å²) in [4.78, 5) is 20.7. The van der Waals surface area contributed by atoms with Gasteiger partial charge in [0.2, 0.25) is 11.8 Å². The quantitative estimate of drug-likeness (QED) is 0.838. The van der Waals surface area contributed by atoms with Crippen LogP contribution in [0.25, 0.3) is 0 Å². The van der Waals surface area contributed by atoms with E-state index in [1.165, 1.54) is 0 Å². The van der Waals surface area contributed by atoms with Gasteiger partial charge < -0.3 is 15.2 Å². The second kappa shape index (κ2) is 9.15. The number of carbonyl (C=O) groups is 1. The molecule has 0 bridgehead atoms. The van der Waals surface area contributed by atoms with Gasteiger partial charge in [-0.3, -0.25) is 9.69 Å². The predicted octanol–water partition coefficient (Wildman–Crippen LogP) is 1.49. The van der Waals surface area contributed by atoms with Gasteiger partial charge >= 0.3 is 0 Å². The van der Waals surface area contributed by atoms with E-state index in [0.717, 1.165) is 18.7 Å². The Balaban J connectivity index is 0.00000225. The number of halogens is 2. The zero-order valence-electron chi connectivity index (χ0n) is 13.7. The first kappa shape index (κ1) is 19.7. The van der Waals surface area contributed by atoms with Gasteiger partial charge in [0.25, 0.3) is 0 Å². The van der Waals surface area contributed by atoms with Gasteiger partial charge in [-0.1, -0.05) is 35.0 Å². The summed E-state index contributed by atoms with van der Waals surface area (Å²) < 4.78 is 5.00. The maximum Gasteiger partial charge on any atom is 0.240 e. The lowest BCUT2D eigenvalue weighted by Gasteiger charge is -2.34. The molecule has 0 spiro atoms. The van der Waals surface area contributed by atoms with Crippen LogP contribution in [0, 0.1) is 0 Å². The number of amides is 1. The lowest BCUT2D eigenvalue weighted by molar-refractivity contribution is -0.132. The maximum absolute atomic E-state index is 12.4. The normalized spacial score (nSPS) is 15.0. The molecule has 136 valence electrons. The highest BCUT2D eigenvalue weighted by Gasteiger charge is 2.22. The summed E-state index contributed by atoms with van der Waals surface area (Å²) in [5, 5.41) is 4.53. The van der Waals surface area contributed by atoms with Crippen molar-refractivity contribution in [2.45, 2.75) is 19.5 Å². The van der Waals surface area contributed by atoms with Crippen LogP contribution < -0.4 is 5.73 Å². The third kappa shape index (κ3) is 5.15. The number of piperazine rings is 1. The van der Waals surface area contributed by atoms with Crippen LogP contribution in [0.3, 0.4) is 0 Å². The minimum Gasteiger partial charge on any atom is -0.340 e. The second-order valence-electron chi connectivity index (χ2n) is 5.73. The summed E-state index contributed by atoms with van der Waals surface area (Å²) >= 11 is 6.12. The Morgan fingerprint density at radius 2 is 1.96 bits per heavy atom. The van der Waals surface area contributed by atoms with Crippen LogP contribution in [0.2, 0.25) is 5.02 Å². The molecule has 2 heterocycles. The standard InChI is InChI=1S/C16H20ClN5O2.ClH/c17-13-4-2-1-3-12(13)9-16(23)22-7-5-21(6-8-22)11-14-19-15(10-18)24-20-14;/h1-4H,5-11,18H2;1H. The molecule has 0 atom stereocenters. The van der Waals surface area contributed by atoms with Crippen molar-refractivity contribution in [1.29, 1.82) is 0 Å². The molecule has 0 saturated carbocycles. The number of aromatic nitrogens is 2. The van der Waals surface area contributed by atoms with Crippen molar-refractivity contribution in [3.8, 4) is 0 Å². The van der Waals surface area contributed by atoms with Crippen molar-refractivity contribution in [3.63, 3.8) is 0 Å². The summed E-state index contributed by atoms with van der Waals surface area (Å²) in [5.41, 5.74) is 6.33. The predicted molar refractivity (Wildman–Crippen MR) is 96.5 cm³/mol. The van der Waals surface area contributed by atoms with E-state index in [9.17, 15) is 4.79 Å². The zero-order valence-corrected chi connectivity index (χ0v) is 15.3. The van der Waals surface area contributed by atoms with Gasteiger partial charge in [-0.25, -0.2) is 0 Å². The number of nitrogens with zero attached hydrogens (tertiary/aromatic N) is 4. The van der Waals surface area contributed by atoms with Crippen molar-refractivity contribution in [2.24, 2.45) is 5.73 Å². The molecule has 1 aliphatic heterocycles. The van der Waals surface area contributed by atoms with Gasteiger partial charge in [-0.2, -0.15) is 4.98 Å². The summed E-state index contributed by atoms with van der Waals surface area (Å²) in [6, 6.07) is 7.46. The molecule has 2 N–H and O–H groups in total. The third-order valence-corrected chi connectivity index (χ3v) is 4.44. The highest BCUT2D eigenvalue weighted by molar-refractivity contribution is 6.31. The number of carbonyl (C=O) groups excluding carboxylic acids is 1. The number of nitrogens with two attached hydrogens (primary N) is 1. The molecule has 0 aliphatic carbocycles. The summed E-state index contributed by atoms with van der Waals surface area (Å²) in [7, 11) is 0. The molecule has 0 radical (unpaired) electrons. The molecule has 25 heavy (non-hydrogen) atoms. The Bertz CT molecular complexity index is 701. The molecule has 1 aromatic carbocycles. The molecule has 1 fully saturated rings. The zero-order chi connectivity index (χ0) is 16.9. The highest BCUT2D eigenvalue weighted by atomic mass is 35.5. The fraction of sp³-hybridized carbons (Fsp3) is 0.438. The van der Waals surface area contributed by atoms with E-state index < -0.39 is 0 Å². The Morgan fingerprint density at radius 1 is 1.24 bits per heavy atom. The van der Waals surface area contributed by atoms with E-state index in [0.29, 0.717) is 42.8 Å². The average molecular weight is 386 g/mol. The minimum absolute atomic E-state index is 0. The molecular weight excluding hydrogens is 365 g/mol. The van der Waals surface area contributed by atoms with E-state index in [1.54, 1.807) is 0 Å². The van der Waals surface area contributed by atoms with Gasteiger partial charge in [0.05, 0.1) is 19.5 Å². The van der Waals surface area contributed by atoms with Crippen LogP contribution in [-0.2, 0) is 24.3 Å².